The van der Waals surface area contributed by atoms with Crippen LogP contribution in [0.2, 0.25) is 0 Å². The molecule has 1 amide bonds. The summed E-state index contributed by atoms with van der Waals surface area (Å²) in [7, 11) is -3.40. The molecule has 2 heterocycles. The molecule has 174 valence electrons. The Kier molecular flexibility index (Phi) is 7.25. The molecule has 0 atom stereocenters. The second-order valence-electron chi connectivity index (χ2n) is 8.37. The largest absolute Gasteiger partial charge is 0.444 e. The number of hydrogen-bond donors (Lipinski definition) is 1. The second-order valence-corrected chi connectivity index (χ2v) is 10.3. The maximum absolute atomic E-state index is 12.6. The van der Waals surface area contributed by atoms with Crippen molar-refractivity contribution >= 4 is 15.9 Å². The molecule has 1 fully saturated rings. The van der Waals surface area contributed by atoms with Crippen LogP contribution >= 0.6 is 0 Å². The first-order chi connectivity index (χ1) is 15.9. The van der Waals surface area contributed by atoms with Crippen LogP contribution in [0.15, 0.2) is 64.1 Å². The van der Waals surface area contributed by atoms with Gasteiger partial charge in [0, 0.05) is 38.0 Å². The lowest BCUT2D eigenvalue weighted by molar-refractivity contribution is -0.121. The molecule has 2 aromatic carbocycles. The summed E-state index contributed by atoms with van der Waals surface area (Å²) in [5.74, 6) is 0.525. The average molecular weight is 468 g/mol. The third-order valence-corrected chi connectivity index (χ3v) is 7.73. The summed E-state index contributed by atoms with van der Waals surface area (Å²) in [5, 5.41) is 2.91. The predicted molar refractivity (Wildman–Crippen MR) is 126 cm³/mol. The molecule has 0 aliphatic carbocycles. The molecule has 0 spiro atoms. The minimum atomic E-state index is -3.40. The number of rotatable bonds is 9. The van der Waals surface area contributed by atoms with Gasteiger partial charge in [-0.1, -0.05) is 29.8 Å². The van der Waals surface area contributed by atoms with Crippen molar-refractivity contribution in [3.63, 3.8) is 0 Å². The third kappa shape index (κ3) is 5.89. The summed E-state index contributed by atoms with van der Waals surface area (Å²) < 4.78 is 32.3. The van der Waals surface area contributed by atoms with Crippen molar-refractivity contribution in [2.75, 3.05) is 19.6 Å². The number of nitrogens with zero attached hydrogens (tertiary/aromatic N) is 2. The van der Waals surface area contributed by atoms with E-state index in [1.165, 1.54) is 9.87 Å². The summed E-state index contributed by atoms with van der Waals surface area (Å²) in [4.78, 5) is 17.0. The van der Waals surface area contributed by atoms with Crippen molar-refractivity contribution in [3.05, 3.63) is 71.6 Å². The lowest BCUT2D eigenvalue weighted by Crippen LogP contribution is -2.27. The summed E-state index contributed by atoms with van der Waals surface area (Å²) in [6.45, 7) is 3.69. The fourth-order valence-electron chi connectivity index (χ4n) is 3.83. The molecule has 33 heavy (non-hydrogen) atoms. The normalized spacial score (nSPS) is 14.5. The lowest BCUT2D eigenvalue weighted by Gasteiger charge is -2.15. The summed E-state index contributed by atoms with van der Waals surface area (Å²) in [6.07, 6.45) is 4.93. The van der Waals surface area contributed by atoms with Gasteiger partial charge >= 0.3 is 0 Å². The van der Waals surface area contributed by atoms with Gasteiger partial charge in [0.05, 0.1) is 10.6 Å². The summed E-state index contributed by atoms with van der Waals surface area (Å²) >= 11 is 0. The van der Waals surface area contributed by atoms with E-state index in [2.05, 4.69) is 10.3 Å². The third-order valence-electron chi connectivity index (χ3n) is 5.82. The van der Waals surface area contributed by atoms with Crippen LogP contribution in [0.1, 0.15) is 36.1 Å². The van der Waals surface area contributed by atoms with Gasteiger partial charge < -0.3 is 9.73 Å². The van der Waals surface area contributed by atoms with Crippen molar-refractivity contribution in [2.45, 2.75) is 43.9 Å². The smallest absolute Gasteiger partial charge is 0.243 e. The highest BCUT2D eigenvalue weighted by Gasteiger charge is 2.26. The topological polar surface area (TPSA) is 92.5 Å². The average Bonchev–Trinajstić information content (AvgIpc) is 3.52. The van der Waals surface area contributed by atoms with Crippen molar-refractivity contribution in [1.29, 1.82) is 0 Å². The molecule has 0 bridgehead atoms. The minimum Gasteiger partial charge on any atom is -0.444 e. The van der Waals surface area contributed by atoms with Crippen LogP contribution < -0.4 is 5.32 Å². The second kappa shape index (κ2) is 10.3. The minimum absolute atomic E-state index is 0.0500. The first-order valence-electron chi connectivity index (χ1n) is 11.3. The van der Waals surface area contributed by atoms with Crippen molar-refractivity contribution in [1.82, 2.24) is 14.6 Å². The number of aromatic nitrogens is 1. The SMILES string of the molecule is Cc1ccc(-c2nc(CCNC(=O)CCc3ccc(S(=O)(=O)N4CCCC4)cc3)co2)cc1. The van der Waals surface area contributed by atoms with Crippen molar-refractivity contribution in [2.24, 2.45) is 0 Å². The van der Waals surface area contributed by atoms with Gasteiger partial charge in [-0.3, -0.25) is 4.79 Å². The summed E-state index contributed by atoms with van der Waals surface area (Å²) in [6, 6.07) is 14.8. The molecule has 4 rings (SSSR count). The number of carbonyl (C=O) groups excluding carboxylic acids is 1. The lowest BCUT2D eigenvalue weighted by atomic mass is 10.1. The van der Waals surface area contributed by atoms with E-state index in [-0.39, 0.29) is 5.91 Å². The molecule has 1 aliphatic rings. The highest BCUT2D eigenvalue weighted by atomic mass is 32.2. The van der Waals surface area contributed by atoms with Crippen molar-refractivity contribution < 1.29 is 17.6 Å². The number of aryl methyl sites for hydroxylation is 2. The molecule has 7 nitrogen and oxygen atoms in total. The van der Waals surface area contributed by atoms with E-state index < -0.39 is 10.0 Å². The molecule has 1 aromatic heterocycles. The Hall–Kier alpha value is -2.97. The number of nitrogens with one attached hydrogen (secondary N) is 1. The van der Waals surface area contributed by atoms with Crippen LogP contribution in [0.25, 0.3) is 11.5 Å². The number of carbonyl (C=O) groups is 1. The quantitative estimate of drug-likeness (QED) is 0.518. The van der Waals surface area contributed by atoms with Crippen LogP contribution in [0.3, 0.4) is 0 Å². The van der Waals surface area contributed by atoms with Gasteiger partial charge in [0.2, 0.25) is 21.8 Å². The molecule has 1 aliphatic heterocycles. The molecule has 0 radical (unpaired) electrons. The Morgan fingerprint density at radius 3 is 2.42 bits per heavy atom. The van der Waals surface area contributed by atoms with Gasteiger partial charge in [0.25, 0.3) is 0 Å². The van der Waals surface area contributed by atoms with Gasteiger partial charge in [0.1, 0.15) is 6.26 Å². The van der Waals surface area contributed by atoms with Crippen LogP contribution in [-0.2, 0) is 27.7 Å². The zero-order valence-electron chi connectivity index (χ0n) is 18.8. The van der Waals surface area contributed by atoms with E-state index in [1.807, 2.05) is 31.2 Å². The molecule has 0 unspecified atom stereocenters. The zero-order chi connectivity index (χ0) is 23.3. The fraction of sp³-hybridized carbons (Fsp3) is 0.360. The number of benzene rings is 2. The maximum atomic E-state index is 12.6. The zero-order valence-corrected chi connectivity index (χ0v) is 19.6. The fourth-order valence-corrected chi connectivity index (χ4v) is 5.35. The first kappa shape index (κ1) is 23.2. The van der Waals surface area contributed by atoms with Gasteiger partial charge in [-0.15, -0.1) is 0 Å². The van der Waals surface area contributed by atoms with Crippen LogP contribution in [0.5, 0.6) is 0 Å². The predicted octanol–water partition coefficient (Wildman–Crippen LogP) is 3.73. The number of oxazole rings is 1. The Morgan fingerprint density at radius 1 is 1.03 bits per heavy atom. The van der Waals surface area contributed by atoms with Crippen LogP contribution in [0, 0.1) is 6.92 Å². The molecule has 3 aromatic rings. The Labute approximate surface area is 194 Å². The number of hydrogen-bond acceptors (Lipinski definition) is 5. The van der Waals surface area contributed by atoms with E-state index in [1.54, 1.807) is 30.5 Å². The number of sulfonamides is 1. The summed E-state index contributed by atoms with van der Waals surface area (Å²) in [5.41, 5.74) is 3.83. The first-order valence-corrected chi connectivity index (χ1v) is 12.7. The van der Waals surface area contributed by atoms with Crippen molar-refractivity contribution in [3.8, 4) is 11.5 Å². The standard InChI is InChI=1S/C25H29N3O4S/c1-19-4-9-21(10-5-19)25-27-22(18-32-25)14-15-26-24(29)13-8-20-6-11-23(12-7-20)33(30,31)28-16-2-3-17-28/h4-7,9-12,18H,2-3,8,13-17H2,1H3,(H,26,29). The monoisotopic (exact) mass is 467 g/mol. The van der Waals surface area contributed by atoms with E-state index in [9.17, 15) is 13.2 Å². The van der Waals surface area contributed by atoms with Crippen LogP contribution in [0.4, 0.5) is 0 Å². The van der Waals surface area contributed by atoms with E-state index >= 15 is 0 Å². The Balaban J connectivity index is 1.21. The molecule has 8 heteroatoms. The maximum Gasteiger partial charge on any atom is 0.243 e. The van der Waals surface area contributed by atoms with E-state index in [0.717, 1.165) is 29.7 Å². The highest BCUT2D eigenvalue weighted by molar-refractivity contribution is 7.89. The van der Waals surface area contributed by atoms with Crippen LogP contribution in [-0.4, -0.2) is 43.2 Å². The number of amides is 1. The van der Waals surface area contributed by atoms with Gasteiger partial charge in [-0.05, 0) is 56.0 Å². The molecule has 0 saturated carbocycles. The highest BCUT2D eigenvalue weighted by Crippen LogP contribution is 2.21. The molecular weight excluding hydrogens is 438 g/mol. The van der Waals surface area contributed by atoms with Gasteiger partial charge in [-0.2, -0.15) is 4.31 Å². The Morgan fingerprint density at radius 2 is 1.73 bits per heavy atom. The van der Waals surface area contributed by atoms with Gasteiger partial charge in [0.15, 0.2) is 0 Å². The van der Waals surface area contributed by atoms with E-state index in [4.69, 9.17) is 4.42 Å². The van der Waals surface area contributed by atoms with E-state index in [0.29, 0.717) is 49.7 Å². The Bertz CT molecular complexity index is 1180. The van der Waals surface area contributed by atoms with Gasteiger partial charge in [-0.25, -0.2) is 13.4 Å². The molecular formula is C25H29N3O4S. The molecule has 1 N–H and O–H groups in total. The molecule has 1 saturated heterocycles.